The number of aryl methyl sites for hydroxylation is 2. The van der Waals surface area contributed by atoms with E-state index in [0.29, 0.717) is 11.9 Å². The molecule has 3 rings (SSSR count). The van der Waals surface area contributed by atoms with Gasteiger partial charge in [0.15, 0.2) is 0 Å². The lowest BCUT2D eigenvalue weighted by Crippen LogP contribution is -2.26. The van der Waals surface area contributed by atoms with E-state index in [9.17, 15) is 4.79 Å². The molecule has 1 aromatic heterocycles. The molecule has 1 heterocycles. The minimum absolute atomic E-state index is 0.161. The van der Waals surface area contributed by atoms with E-state index in [1.807, 2.05) is 62.4 Å². The Hall–Kier alpha value is -3.68. The molecule has 0 bridgehead atoms. The fourth-order valence-corrected chi connectivity index (χ4v) is 2.34. The van der Waals surface area contributed by atoms with Crippen molar-refractivity contribution in [3.63, 3.8) is 0 Å². The van der Waals surface area contributed by atoms with Crippen LogP contribution < -0.4 is 16.0 Å². The largest absolute Gasteiger partial charge is 0.480 e. The highest BCUT2D eigenvalue weighted by Gasteiger charge is 2.14. The van der Waals surface area contributed by atoms with Crippen LogP contribution in [-0.4, -0.2) is 32.1 Å². The van der Waals surface area contributed by atoms with Crippen molar-refractivity contribution >= 4 is 35.2 Å². The maximum atomic E-state index is 11.2. The lowest BCUT2D eigenvalue weighted by molar-refractivity contribution is -0.137. The minimum Gasteiger partial charge on any atom is -0.480 e. The van der Waals surface area contributed by atoms with Crippen LogP contribution in [0, 0.1) is 13.8 Å². The molecule has 0 aliphatic carbocycles. The molecule has 0 aliphatic rings. The van der Waals surface area contributed by atoms with Gasteiger partial charge in [0.05, 0.1) is 0 Å². The molecule has 0 fully saturated rings. The van der Waals surface area contributed by atoms with Gasteiger partial charge in [-0.05, 0) is 45.0 Å². The summed E-state index contributed by atoms with van der Waals surface area (Å²) in [7, 11) is 0. The summed E-state index contributed by atoms with van der Waals surface area (Å²) in [6, 6.07) is 14.7. The summed E-state index contributed by atoms with van der Waals surface area (Å²) in [5.41, 5.74) is 3.91. The first-order chi connectivity index (χ1) is 13.4. The first-order valence-electron chi connectivity index (χ1n) is 8.82. The number of aromatic nitrogens is 3. The number of anilines is 5. The van der Waals surface area contributed by atoms with Crippen molar-refractivity contribution in [2.24, 2.45) is 0 Å². The van der Waals surface area contributed by atoms with Crippen LogP contribution in [0.25, 0.3) is 0 Å². The van der Waals surface area contributed by atoms with Crippen LogP contribution in [0.15, 0.2) is 48.5 Å². The third kappa shape index (κ3) is 5.16. The van der Waals surface area contributed by atoms with Gasteiger partial charge in [0, 0.05) is 11.4 Å². The number of carboxylic acid groups (broad SMARTS) is 1. The zero-order valence-electron chi connectivity index (χ0n) is 15.9. The zero-order valence-corrected chi connectivity index (χ0v) is 15.9. The summed E-state index contributed by atoms with van der Waals surface area (Å²) in [4.78, 5) is 24.1. The van der Waals surface area contributed by atoms with Gasteiger partial charge in [-0.25, -0.2) is 0 Å². The fraction of sp³-hybridized carbons (Fsp3) is 0.200. The van der Waals surface area contributed by atoms with E-state index in [0.717, 1.165) is 22.5 Å². The Morgan fingerprint density at radius 2 is 1.18 bits per heavy atom. The first kappa shape index (κ1) is 19.1. The number of hydrogen-bond donors (Lipinski definition) is 4. The fourth-order valence-electron chi connectivity index (χ4n) is 2.34. The minimum atomic E-state index is -0.999. The zero-order chi connectivity index (χ0) is 20.1. The Kier molecular flexibility index (Phi) is 5.69. The van der Waals surface area contributed by atoms with Gasteiger partial charge in [-0.3, -0.25) is 4.79 Å². The predicted molar refractivity (Wildman–Crippen MR) is 109 cm³/mol. The monoisotopic (exact) mass is 378 g/mol. The van der Waals surface area contributed by atoms with E-state index in [1.165, 1.54) is 6.92 Å². The smallest absolute Gasteiger partial charge is 0.325 e. The molecule has 3 aromatic rings. The van der Waals surface area contributed by atoms with E-state index < -0.39 is 12.0 Å². The SMILES string of the molecule is Cc1ccc(Nc2nc(Nc3ccc(C)cc3)nc(NC(C)C(=O)O)n2)cc1. The lowest BCUT2D eigenvalue weighted by Gasteiger charge is -2.13. The molecule has 8 heteroatoms. The lowest BCUT2D eigenvalue weighted by atomic mass is 10.2. The van der Waals surface area contributed by atoms with Crippen molar-refractivity contribution in [3.05, 3.63) is 59.7 Å². The van der Waals surface area contributed by atoms with Crippen molar-refractivity contribution in [2.75, 3.05) is 16.0 Å². The van der Waals surface area contributed by atoms with E-state index >= 15 is 0 Å². The molecule has 8 nitrogen and oxygen atoms in total. The molecule has 4 N–H and O–H groups in total. The standard InChI is InChI=1S/C20H22N6O2/c1-12-4-8-15(9-5-12)22-19-24-18(21-14(3)17(27)28)25-20(26-19)23-16-10-6-13(2)7-11-16/h4-11,14H,1-3H3,(H,27,28)(H3,21,22,23,24,25,26). The highest BCUT2D eigenvalue weighted by atomic mass is 16.4. The second-order valence-corrected chi connectivity index (χ2v) is 6.49. The molecular weight excluding hydrogens is 356 g/mol. The van der Waals surface area contributed by atoms with E-state index in [-0.39, 0.29) is 5.95 Å². The van der Waals surface area contributed by atoms with Gasteiger partial charge in [-0.15, -0.1) is 0 Å². The second kappa shape index (κ2) is 8.34. The Morgan fingerprint density at radius 1 is 0.786 bits per heavy atom. The van der Waals surface area contributed by atoms with Gasteiger partial charge in [0.1, 0.15) is 6.04 Å². The Balaban J connectivity index is 1.89. The quantitative estimate of drug-likeness (QED) is 0.490. The first-order valence-corrected chi connectivity index (χ1v) is 8.82. The van der Waals surface area contributed by atoms with Crippen molar-refractivity contribution in [2.45, 2.75) is 26.8 Å². The molecule has 0 amide bonds. The Labute approximate surface area is 163 Å². The van der Waals surface area contributed by atoms with Crippen LogP contribution in [0.3, 0.4) is 0 Å². The molecule has 1 unspecified atom stereocenters. The molecular formula is C20H22N6O2. The summed E-state index contributed by atoms with van der Waals surface area (Å²) < 4.78 is 0. The molecule has 0 saturated carbocycles. The van der Waals surface area contributed by atoms with Crippen molar-refractivity contribution in [1.29, 1.82) is 0 Å². The van der Waals surface area contributed by atoms with Crippen LogP contribution in [0.1, 0.15) is 18.1 Å². The molecule has 28 heavy (non-hydrogen) atoms. The summed E-state index contributed by atoms with van der Waals surface area (Å²) in [6.45, 7) is 5.53. The molecule has 144 valence electrons. The predicted octanol–water partition coefficient (Wildman–Crippen LogP) is 3.86. The van der Waals surface area contributed by atoms with Gasteiger partial charge in [0.25, 0.3) is 0 Å². The van der Waals surface area contributed by atoms with E-state index in [2.05, 4.69) is 30.9 Å². The third-order valence-electron chi connectivity index (χ3n) is 3.97. The van der Waals surface area contributed by atoms with Crippen molar-refractivity contribution in [3.8, 4) is 0 Å². The maximum Gasteiger partial charge on any atom is 0.325 e. The molecule has 0 radical (unpaired) electrons. The Bertz CT molecular complexity index is 892. The number of nitrogens with one attached hydrogen (secondary N) is 3. The molecule has 1 atom stereocenters. The summed E-state index contributed by atoms with van der Waals surface area (Å²) >= 11 is 0. The van der Waals surface area contributed by atoms with Crippen LogP contribution in [0.2, 0.25) is 0 Å². The summed E-state index contributed by atoms with van der Waals surface area (Å²) in [6.07, 6.45) is 0. The highest BCUT2D eigenvalue weighted by Crippen LogP contribution is 2.19. The van der Waals surface area contributed by atoms with Crippen LogP contribution >= 0.6 is 0 Å². The number of carboxylic acids is 1. The van der Waals surface area contributed by atoms with Gasteiger partial charge in [-0.2, -0.15) is 15.0 Å². The van der Waals surface area contributed by atoms with Gasteiger partial charge in [-0.1, -0.05) is 35.4 Å². The third-order valence-corrected chi connectivity index (χ3v) is 3.97. The normalized spacial score (nSPS) is 11.5. The number of rotatable bonds is 7. The number of hydrogen-bond acceptors (Lipinski definition) is 7. The highest BCUT2D eigenvalue weighted by molar-refractivity contribution is 5.76. The second-order valence-electron chi connectivity index (χ2n) is 6.49. The molecule has 0 saturated heterocycles. The van der Waals surface area contributed by atoms with Gasteiger partial charge >= 0.3 is 5.97 Å². The summed E-state index contributed by atoms with van der Waals surface area (Å²) in [5, 5.41) is 18.1. The molecule has 2 aromatic carbocycles. The van der Waals surface area contributed by atoms with Crippen LogP contribution in [0.5, 0.6) is 0 Å². The topological polar surface area (TPSA) is 112 Å². The Morgan fingerprint density at radius 3 is 1.57 bits per heavy atom. The van der Waals surface area contributed by atoms with E-state index in [1.54, 1.807) is 0 Å². The number of benzene rings is 2. The number of aliphatic carboxylic acids is 1. The molecule has 0 aliphatic heterocycles. The van der Waals surface area contributed by atoms with Crippen LogP contribution in [-0.2, 0) is 4.79 Å². The molecule has 0 spiro atoms. The number of nitrogens with zero attached hydrogens (tertiary/aromatic N) is 3. The van der Waals surface area contributed by atoms with Crippen molar-refractivity contribution < 1.29 is 9.90 Å². The van der Waals surface area contributed by atoms with Gasteiger partial charge < -0.3 is 21.1 Å². The van der Waals surface area contributed by atoms with Crippen LogP contribution in [0.4, 0.5) is 29.2 Å². The van der Waals surface area contributed by atoms with Gasteiger partial charge in [0.2, 0.25) is 17.8 Å². The van der Waals surface area contributed by atoms with E-state index in [4.69, 9.17) is 5.11 Å². The van der Waals surface area contributed by atoms with Crippen molar-refractivity contribution in [1.82, 2.24) is 15.0 Å². The summed E-state index contributed by atoms with van der Waals surface area (Å²) in [5.74, 6) is -0.238. The maximum absolute atomic E-state index is 11.2. The average Bonchev–Trinajstić information content (AvgIpc) is 2.65. The average molecular weight is 378 g/mol. The number of carbonyl (C=O) groups is 1.